The molecule has 0 radical (unpaired) electrons. The van der Waals surface area contributed by atoms with E-state index in [1.54, 1.807) is 35.1 Å². The van der Waals surface area contributed by atoms with E-state index in [-0.39, 0.29) is 29.7 Å². The first-order chi connectivity index (χ1) is 19.5. The topological polar surface area (TPSA) is 113 Å². The number of nitrogens with one attached hydrogen (secondary N) is 3. The third kappa shape index (κ3) is 8.43. The molecular formula is C28H34F3N6O4+. The molecule has 220 valence electrons. The molecule has 4 rings (SSSR count). The van der Waals surface area contributed by atoms with Crippen LogP contribution in [-0.2, 0) is 17.4 Å². The van der Waals surface area contributed by atoms with E-state index in [2.05, 4.69) is 40.2 Å². The third-order valence-electron chi connectivity index (χ3n) is 6.88. The van der Waals surface area contributed by atoms with Crippen molar-refractivity contribution in [1.82, 2.24) is 10.2 Å². The highest BCUT2D eigenvalue weighted by Crippen LogP contribution is 2.34. The van der Waals surface area contributed by atoms with E-state index in [9.17, 15) is 22.8 Å². The molecule has 0 bridgehead atoms. The second-order valence-electron chi connectivity index (χ2n) is 10.4. The minimum atomic E-state index is -4.71. The van der Waals surface area contributed by atoms with Crippen LogP contribution in [0.25, 0.3) is 0 Å². The molecule has 41 heavy (non-hydrogen) atoms. The fourth-order valence-electron chi connectivity index (χ4n) is 5.03. The van der Waals surface area contributed by atoms with Gasteiger partial charge in [-0.1, -0.05) is 18.2 Å². The number of amides is 3. The molecule has 1 aliphatic rings. The maximum Gasteiger partial charge on any atom is 0.416 e. The molecule has 1 aliphatic carbocycles. The number of hydrogen-bond donors (Lipinski definition) is 3. The highest BCUT2D eigenvalue weighted by Gasteiger charge is 2.32. The number of nitrogens with zero attached hydrogens (tertiary/aromatic N) is 3. The molecule has 0 unspecified atom stereocenters. The Hall–Kier alpha value is -4.13. The molecule has 1 aromatic heterocycles. The van der Waals surface area contributed by atoms with Crippen LogP contribution in [0.15, 0.2) is 53.2 Å². The van der Waals surface area contributed by atoms with Crippen molar-refractivity contribution in [2.45, 2.75) is 44.3 Å². The fourth-order valence-corrected chi connectivity index (χ4v) is 5.03. The second kappa shape index (κ2) is 13.0. The van der Waals surface area contributed by atoms with Crippen LogP contribution in [0, 0.1) is 5.92 Å². The standard InChI is InChI=1S/C28H33F3N6O4/c1-36(2)16-18-8-10-23(11-9-18)37-17-26(41-35-37)34-27(39)33-22-14-20(28(29,30)31)13-21(15-22)32-25(38)12-19-6-4-5-7-24(19)40-3/h4-7,13-15,17-18,23H,8-12,16H2,1-3H3,(H2-,32,33,34,35,38,39)/p+1. The van der Waals surface area contributed by atoms with E-state index < -0.39 is 23.7 Å². The molecule has 3 N–H and O–H groups in total. The summed E-state index contributed by atoms with van der Waals surface area (Å²) in [5.74, 6) is 0.610. The normalized spacial score (nSPS) is 17.2. The van der Waals surface area contributed by atoms with Crippen molar-refractivity contribution >= 4 is 29.2 Å². The summed E-state index contributed by atoms with van der Waals surface area (Å²) < 4.78 is 52.9. The SMILES string of the molecule is COc1ccccc1CC(=O)Nc1cc(NC(=O)Nc2c[n+](C3CCC(CN(C)C)CC3)no2)cc(C(F)(F)F)c1. The summed E-state index contributed by atoms with van der Waals surface area (Å²) in [4.78, 5) is 27.4. The highest BCUT2D eigenvalue weighted by atomic mass is 19.4. The zero-order valence-electron chi connectivity index (χ0n) is 23.1. The van der Waals surface area contributed by atoms with Gasteiger partial charge < -0.3 is 20.3 Å². The van der Waals surface area contributed by atoms with Crippen LogP contribution >= 0.6 is 0 Å². The van der Waals surface area contributed by atoms with Gasteiger partial charge in [0.1, 0.15) is 5.75 Å². The number of rotatable bonds is 9. The van der Waals surface area contributed by atoms with Crippen molar-refractivity contribution in [3.63, 3.8) is 0 Å². The summed E-state index contributed by atoms with van der Waals surface area (Å²) in [6.07, 6.45) is 0.698. The smallest absolute Gasteiger partial charge is 0.416 e. The Morgan fingerprint density at radius 2 is 1.73 bits per heavy atom. The van der Waals surface area contributed by atoms with Gasteiger partial charge in [-0.3, -0.25) is 14.6 Å². The summed E-state index contributed by atoms with van der Waals surface area (Å²) >= 11 is 0. The highest BCUT2D eigenvalue weighted by molar-refractivity contribution is 6.00. The van der Waals surface area contributed by atoms with Crippen LogP contribution in [0.3, 0.4) is 0 Å². The lowest BCUT2D eigenvalue weighted by atomic mass is 9.86. The number of hydrogen-bond acceptors (Lipinski definition) is 6. The summed E-state index contributed by atoms with van der Waals surface area (Å²) in [7, 11) is 5.57. The number of halogens is 3. The van der Waals surface area contributed by atoms with E-state index in [1.807, 2.05) is 0 Å². The van der Waals surface area contributed by atoms with Crippen LogP contribution in [0.4, 0.5) is 35.2 Å². The Kier molecular flexibility index (Phi) is 9.48. The molecular weight excluding hydrogens is 541 g/mol. The zero-order valence-corrected chi connectivity index (χ0v) is 23.1. The van der Waals surface area contributed by atoms with Gasteiger partial charge in [0.05, 0.1) is 19.1 Å². The monoisotopic (exact) mass is 575 g/mol. The molecule has 10 nitrogen and oxygen atoms in total. The van der Waals surface area contributed by atoms with Crippen LogP contribution in [-0.4, -0.2) is 49.9 Å². The maximum atomic E-state index is 13.6. The molecule has 3 aromatic rings. The number of aromatic nitrogens is 2. The predicted molar refractivity (Wildman–Crippen MR) is 146 cm³/mol. The Labute approximate surface area is 235 Å². The molecule has 0 aliphatic heterocycles. The molecule has 1 fully saturated rings. The van der Waals surface area contributed by atoms with E-state index in [4.69, 9.17) is 9.26 Å². The van der Waals surface area contributed by atoms with Gasteiger partial charge in [-0.15, -0.1) is 0 Å². The maximum absolute atomic E-state index is 13.6. The molecule has 0 saturated heterocycles. The number of ether oxygens (including phenoxy) is 1. The largest absolute Gasteiger partial charge is 0.496 e. The number of anilines is 3. The Morgan fingerprint density at radius 3 is 2.39 bits per heavy atom. The summed E-state index contributed by atoms with van der Waals surface area (Å²) in [6.45, 7) is 1.03. The van der Waals surface area contributed by atoms with Crippen molar-refractivity contribution in [3.8, 4) is 5.75 Å². The number of benzene rings is 2. The van der Waals surface area contributed by atoms with Crippen LogP contribution in [0.1, 0.15) is 42.9 Å². The average Bonchev–Trinajstić information content (AvgIpc) is 3.36. The van der Waals surface area contributed by atoms with Crippen LogP contribution < -0.4 is 25.4 Å². The van der Waals surface area contributed by atoms with Crippen LogP contribution in [0.2, 0.25) is 0 Å². The van der Waals surface area contributed by atoms with Gasteiger partial charge in [0.25, 0.3) is 6.20 Å². The first kappa shape index (κ1) is 29.8. The van der Waals surface area contributed by atoms with Gasteiger partial charge in [-0.25, -0.2) is 4.79 Å². The molecule has 1 heterocycles. The lowest BCUT2D eigenvalue weighted by Gasteiger charge is -2.26. The molecule has 0 spiro atoms. The third-order valence-corrected chi connectivity index (χ3v) is 6.88. The number of urea groups is 1. The van der Waals surface area contributed by atoms with Crippen molar-refractivity contribution in [3.05, 3.63) is 59.8 Å². The van der Waals surface area contributed by atoms with Crippen molar-refractivity contribution < 1.29 is 36.7 Å². The van der Waals surface area contributed by atoms with E-state index in [0.29, 0.717) is 17.2 Å². The van der Waals surface area contributed by atoms with Gasteiger partial charge in [0.15, 0.2) is 6.04 Å². The van der Waals surface area contributed by atoms with E-state index in [0.717, 1.165) is 44.4 Å². The summed E-state index contributed by atoms with van der Waals surface area (Å²) in [5, 5.41) is 11.3. The van der Waals surface area contributed by atoms with Crippen molar-refractivity contribution in [1.29, 1.82) is 0 Å². The molecule has 13 heteroatoms. The van der Waals surface area contributed by atoms with Gasteiger partial charge >= 0.3 is 18.1 Å². The van der Waals surface area contributed by atoms with Gasteiger partial charge in [-0.2, -0.15) is 13.2 Å². The zero-order chi connectivity index (χ0) is 29.6. The lowest BCUT2D eigenvalue weighted by Crippen LogP contribution is -2.43. The average molecular weight is 576 g/mol. The Bertz CT molecular complexity index is 1350. The number of carbonyl (C=O) groups excluding carboxylic acids is 2. The summed E-state index contributed by atoms with van der Waals surface area (Å²) in [6, 6.07) is 8.97. The first-order valence-electron chi connectivity index (χ1n) is 13.2. The molecule has 2 aromatic carbocycles. The number of methoxy groups -OCH3 is 1. The molecule has 1 saturated carbocycles. The predicted octanol–water partition coefficient (Wildman–Crippen LogP) is 5.11. The van der Waals surface area contributed by atoms with Gasteiger partial charge in [0.2, 0.25) is 11.2 Å². The minimum absolute atomic E-state index is 0.0511. The Morgan fingerprint density at radius 1 is 1.05 bits per heavy atom. The van der Waals surface area contributed by atoms with Crippen molar-refractivity contribution in [2.75, 3.05) is 43.7 Å². The molecule has 0 atom stereocenters. The Balaban J connectivity index is 1.39. The van der Waals surface area contributed by atoms with E-state index >= 15 is 0 Å². The fraction of sp³-hybridized carbons (Fsp3) is 0.429. The number of alkyl halides is 3. The van der Waals surface area contributed by atoms with E-state index in [1.165, 1.54) is 13.2 Å². The quantitative estimate of drug-likeness (QED) is 0.306. The van der Waals surface area contributed by atoms with Gasteiger partial charge in [0, 0.05) is 36.3 Å². The van der Waals surface area contributed by atoms with Gasteiger partial charge in [-0.05, 0) is 61.8 Å². The number of para-hydroxylation sites is 1. The number of carbonyl (C=O) groups is 2. The summed E-state index contributed by atoms with van der Waals surface area (Å²) in [5.41, 5.74) is -0.762. The first-order valence-corrected chi connectivity index (χ1v) is 13.2. The van der Waals surface area contributed by atoms with Crippen LogP contribution in [0.5, 0.6) is 5.75 Å². The second-order valence-corrected chi connectivity index (χ2v) is 10.4. The lowest BCUT2D eigenvalue weighted by molar-refractivity contribution is -0.787. The van der Waals surface area contributed by atoms with Crippen molar-refractivity contribution in [2.24, 2.45) is 5.92 Å². The molecule has 3 amide bonds. The minimum Gasteiger partial charge on any atom is -0.496 e.